The number of halogens is 1. The van der Waals surface area contributed by atoms with Crippen LogP contribution >= 0.6 is 0 Å². The summed E-state index contributed by atoms with van der Waals surface area (Å²) in [4.78, 5) is 4.59. The number of aryl methyl sites for hydroxylation is 1. The second kappa shape index (κ2) is 11.7. The predicted molar refractivity (Wildman–Crippen MR) is 120 cm³/mol. The topological polar surface area (TPSA) is 75.1 Å². The Morgan fingerprint density at radius 1 is 1.23 bits per heavy atom. The molecule has 3 N–H and O–H groups in total. The second-order valence-corrected chi connectivity index (χ2v) is 7.78. The first-order valence-corrected chi connectivity index (χ1v) is 10.8. The van der Waals surface area contributed by atoms with Crippen molar-refractivity contribution in [2.24, 2.45) is 10.9 Å². The third kappa shape index (κ3) is 6.94. The van der Waals surface area contributed by atoms with Crippen molar-refractivity contribution in [1.82, 2.24) is 10.6 Å². The van der Waals surface area contributed by atoms with Crippen molar-refractivity contribution in [3.63, 3.8) is 0 Å². The molecule has 1 aliphatic rings. The number of aliphatic hydroxyl groups is 1. The van der Waals surface area contributed by atoms with E-state index in [1.807, 2.05) is 6.92 Å². The Balaban J connectivity index is 1.64. The number of guanidine groups is 1. The molecule has 0 amide bonds. The maximum atomic E-state index is 13.6. The van der Waals surface area contributed by atoms with E-state index in [0.29, 0.717) is 31.6 Å². The Kier molecular flexibility index (Phi) is 8.67. The number of hydrogen-bond donors (Lipinski definition) is 3. The smallest absolute Gasteiger partial charge is 0.191 e. The molecule has 0 saturated carbocycles. The summed E-state index contributed by atoms with van der Waals surface area (Å²) >= 11 is 0. The van der Waals surface area contributed by atoms with Crippen LogP contribution in [0.4, 0.5) is 4.39 Å². The number of hydrogen-bond acceptors (Lipinski definition) is 4. The summed E-state index contributed by atoms with van der Waals surface area (Å²) in [7, 11) is 0. The molecule has 0 spiro atoms. The Hall–Kier alpha value is -2.64. The molecule has 2 aromatic carbocycles. The van der Waals surface area contributed by atoms with E-state index in [0.717, 1.165) is 48.6 Å². The molecular formula is C24H32FN3O3. The number of aliphatic hydroxyl groups excluding tert-OH is 1. The zero-order chi connectivity index (χ0) is 22.1. The Bertz CT molecular complexity index is 882. The van der Waals surface area contributed by atoms with E-state index in [9.17, 15) is 9.50 Å². The molecule has 0 radical (unpaired) electrons. The minimum atomic E-state index is -0.406. The maximum absolute atomic E-state index is 13.6. The highest BCUT2D eigenvalue weighted by atomic mass is 19.1. The van der Waals surface area contributed by atoms with Crippen LogP contribution < -0.4 is 15.4 Å². The highest BCUT2D eigenvalue weighted by Gasteiger charge is 2.17. The van der Waals surface area contributed by atoms with Gasteiger partial charge in [0.25, 0.3) is 0 Å². The van der Waals surface area contributed by atoms with Gasteiger partial charge in [0.05, 0.1) is 26.4 Å². The van der Waals surface area contributed by atoms with E-state index < -0.39 is 5.82 Å². The van der Waals surface area contributed by atoms with Gasteiger partial charge >= 0.3 is 0 Å². The van der Waals surface area contributed by atoms with Crippen molar-refractivity contribution in [3.05, 3.63) is 64.5 Å². The summed E-state index contributed by atoms with van der Waals surface area (Å²) in [5.74, 6) is 1.57. The van der Waals surface area contributed by atoms with Gasteiger partial charge < -0.3 is 25.2 Å². The summed E-state index contributed by atoms with van der Waals surface area (Å²) < 4.78 is 25.1. The first-order valence-electron chi connectivity index (χ1n) is 10.8. The fraction of sp³-hybridized carbons (Fsp3) is 0.458. The van der Waals surface area contributed by atoms with Gasteiger partial charge in [-0.1, -0.05) is 18.2 Å². The lowest BCUT2D eigenvalue weighted by molar-refractivity contribution is 0.166. The molecule has 168 valence electrons. The van der Waals surface area contributed by atoms with Crippen molar-refractivity contribution >= 4 is 5.96 Å². The molecular weight excluding hydrogens is 397 g/mol. The standard InChI is InChI=1S/C24H32FN3O3/c1-3-26-24(27-12-18-5-7-22(25)21(11-18)14-29)28-13-20-6-4-17(2)10-23(20)31-16-19-8-9-30-15-19/h4-7,10-11,19,29H,3,8-9,12-16H2,1-2H3,(H2,26,27,28). The van der Waals surface area contributed by atoms with Gasteiger partial charge in [0.2, 0.25) is 0 Å². The van der Waals surface area contributed by atoms with E-state index in [2.05, 4.69) is 40.7 Å². The van der Waals surface area contributed by atoms with E-state index in [-0.39, 0.29) is 12.2 Å². The van der Waals surface area contributed by atoms with Gasteiger partial charge in [0, 0.05) is 36.7 Å². The van der Waals surface area contributed by atoms with Crippen LogP contribution in [-0.2, 0) is 24.4 Å². The molecule has 1 saturated heterocycles. The van der Waals surface area contributed by atoms with E-state index in [4.69, 9.17) is 9.47 Å². The lowest BCUT2D eigenvalue weighted by atomic mass is 10.1. The van der Waals surface area contributed by atoms with Gasteiger partial charge in [-0.25, -0.2) is 9.38 Å². The number of rotatable bonds is 9. The van der Waals surface area contributed by atoms with Crippen LogP contribution in [0.15, 0.2) is 41.4 Å². The molecule has 2 aromatic rings. The Labute approximate surface area is 183 Å². The van der Waals surface area contributed by atoms with Gasteiger partial charge in [-0.3, -0.25) is 0 Å². The molecule has 31 heavy (non-hydrogen) atoms. The third-order valence-corrected chi connectivity index (χ3v) is 5.21. The van der Waals surface area contributed by atoms with E-state index in [1.54, 1.807) is 12.1 Å². The first kappa shape index (κ1) is 23.0. The minimum Gasteiger partial charge on any atom is -0.493 e. The molecule has 1 heterocycles. The van der Waals surface area contributed by atoms with Crippen LogP contribution in [0, 0.1) is 18.7 Å². The third-order valence-electron chi connectivity index (χ3n) is 5.21. The van der Waals surface area contributed by atoms with Gasteiger partial charge in [0.15, 0.2) is 5.96 Å². The highest BCUT2D eigenvalue weighted by molar-refractivity contribution is 5.79. The second-order valence-electron chi connectivity index (χ2n) is 7.78. The number of aliphatic imine (C=N–C) groups is 1. The SMILES string of the molecule is CCNC(=NCc1ccc(F)c(CO)c1)NCc1ccc(C)cc1OCC1CCOC1. The Morgan fingerprint density at radius 3 is 2.84 bits per heavy atom. The van der Waals surface area contributed by atoms with Crippen LogP contribution in [0.2, 0.25) is 0 Å². The van der Waals surface area contributed by atoms with Crippen LogP contribution in [0.25, 0.3) is 0 Å². The molecule has 1 atom stereocenters. The molecule has 7 heteroatoms. The average molecular weight is 430 g/mol. The highest BCUT2D eigenvalue weighted by Crippen LogP contribution is 2.22. The number of nitrogens with zero attached hydrogens (tertiary/aromatic N) is 1. The molecule has 1 aliphatic heterocycles. The molecule has 1 unspecified atom stereocenters. The Morgan fingerprint density at radius 2 is 2.10 bits per heavy atom. The lowest BCUT2D eigenvalue weighted by Crippen LogP contribution is -2.36. The molecule has 6 nitrogen and oxygen atoms in total. The zero-order valence-electron chi connectivity index (χ0n) is 18.3. The fourth-order valence-electron chi connectivity index (χ4n) is 3.40. The fourth-order valence-corrected chi connectivity index (χ4v) is 3.40. The molecule has 1 fully saturated rings. The summed E-state index contributed by atoms with van der Waals surface area (Å²) in [6.45, 7) is 7.62. The van der Waals surface area contributed by atoms with Crippen molar-refractivity contribution in [2.45, 2.75) is 40.0 Å². The van der Waals surface area contributed by atoms with Gasteiger partial charge in [-0.15, -0.1) is 0 Å². The average Bonchev–Trinajstić information content (AvgIpc) is 3.29. The monoisotopic (exact) mass is 429 g/mol. The van der Waals surface area contributed by atoms with Crippen LogP contribution in [-0.4, -0.2) is 37.4 Å². The van der Waals surface area contributed by atoms with Crippen LogP contribution in [0.3, 0.4) is 0 Å². The summed E-state index contributed by atoms with van der Waals surface area (Å²) in [5, 5.41) is 15.8. The lowest BCUT2D eigenvalue weighted by Gasteiger charge is -2.17. The van der Waals surface area contributed by atoms with Gasteiger partial charge in [-0.2, -0.15) is 0 Å². The van der Waals surface area contributed by atoms with Crippen molar-refractivity contribution in [1.29, 1.82) is 0 Å². The van der Waals surface area contributed by atoms with E-state index in [1.165, 1.54) is 6.07 Å². The number of ether oxygens (including phenoxy) is 2. The largest absolute Gasteiger partial charge is 0.493 e. The van der Waals surface area contributed by atoms with Crippen LogP contribution in [0.5, 0.6) is 5.75 Å². The zero-order valence-corrected chi connectivity index (χ0v) is 18.3. The normalized spacial score (nSPS) is 16.4. The van der Waals surface area contributed by atoms with Crippen molar-refractivity contribution < 1.29 is 19.0 Å². The van der Waals surface area contributed by atoms with Gasteiger partial charge in [-0.05, 0) is 49.6 Å². The predicted octanol–water partition coefficient (Wildman–Crippen LogP) is 3.30. The molecule has 3 rings (SSSR count). The van der Waals surface area contributed by atoms with Crippen molar-refractivity contribution in [2.75, 3.05) is 26.4 Å². The maximum Gasteiger partial charge on any atom is 0.191 e. The summed E-state index contributed by atoms with van der Waals surface area (Å²) in [6.07, 6.45) is 1.04. The minimum absolute atomic E-state index is 0.278. The quantitative estimate of drug-likeness (QED) is 0.421. The molecule has 0 aliphatic carbocycles. The summed E-state index contributed by atoms with van der Waals surface area (Å²) in [6, 6.07) is 10.9. The van der Waals surface area contributed by atoms with Gasteiger partial charge in [0.1, 0.15) is 11.6 Å². The molecule has 0 bridgehead atoms. The summed E-state index contributed by atoms with van der Waals surface area (Å²) in [5.41, 5.74) is 3.32. The molecule has 0 aromatic heterocycles. The van der Waals surface area contributed by atoms with Crippen molar-refractivity contribution in [3.8, 4) is 5.75 Å². The number of nitrogens with one attached hydrogen (secondary N) is 2. The van der Waals surface area contributed by atoms with Crippen LogP contribution in [0.1, 0.15) is 35.6 Å². The van der Waals surface area contributed by atoms with E-state index >= 15 is 0 Å². The number of benzene rings is 2. The first-order chi connectivity index (χ1) is 15.1.